The maximum absolute atomic E-state index is 12.2. The first-order valence-electron chi connectivity index (χ1n) is 7.21. The number of amides is 1. The molecule has 0 aromatic heterocycles. The Balaban J connectivity index is 1.83. The minimum absolute atomic E-state index is 0.238. The molecule has 0 aliphatic carbocycles. The number of nitrogen functional groups attached to an aromatic ring is 1. The van der Waals surface area contributed by atoms with Gasteiger partial charge in [0.05, 0.1) is 19.2 Å². The summed E-state index contributed by atoms with van der Waals surface area (Å²) in [7, 11) is 1.28. The first-order chi connectivity index (χ1) is 11.5. The monoisotopic (exact) mass is 346 g/mol. The number of halogens is 1. The van der Waals surface area contributed by atoms with Crippen molar-refractivity contribution >= 4 is 35.0 Å². The lowest BCUT2D eigenvalue weighted by Crippen LogP contribution is -2.24. The van der Waals surface area contributed by atoms with E-state index in [-0.39, 0.29) is 11.3 Å². The molecule has 6 nitrogen and oxygen atoms in total. The second-order valence-corrected chi connectivity index (χ2v) is 5.73. The standard InChI is InChI=1S/C17H15ClN2O4/c1-23-16(21)13-7-6-12(8-14(13)19)20-9-15(24-17(20)22)10-2-4-11(18)5-3-10/h2-8,15H,9,19H2,1H3/t15-/m0/s1. The Morgan fingerprint density at radius 3 is 2.62 bits per heavy atom. The number of benzene rings is 2. The van der Waals surface area contributed by atoms with E-state index in [1.165, 1.54) is 18.1 Å². The molecule has 0 saturated carbocycles. The van der Waals surface area contributed by atoms with E-state index in [9.17, 15) is 9.59 Å². The third-order valence-electron chi connectivity index (χ3n) is 3.81. The van der Waals surface area contributed by atoms with Gasteiger partial charge in [-0.15, -0.1) is 0 Å². The van der Waals surface area contributed by atoms with Gasteiger partial charge in [-0.25, -0.2) is 9.59 Å². The van der Waals surface area contributed by atoms with Crippen LogP contribution in [0.15, 0.2) is 42.5 Å². The number of nitrogens with zero attached hydrogens (tertiary/aromatic N) is 1. The molecule has 1 amide bonds. The fourth-order valence-electron chi connectivity index (χ4n) is 2.54. The first-order valence-corrected chi connectivity index (χ1v) is 7.59. The smallest absolute Gasteiger partial charge is 0.415 e. The zero-order valence-electron chi connectivity index (χ0n) is 12.9. The average molecular weight is 347 g/mol. The fourth-order valence-corrected chi connectivity index (χ4v) is 2.66. The summed E-state index contributed by atoms with van der Waals surface area (Å²) in [5.41, 5.74) is 7.78. The highest BCUT2D eigenvalue weighted by atomic mass is 35.5. The summed E-state index contributed by atoms with van der Waals surface area (Å²) < 4.78 is 10.1. The summed E-state index contributed by atoms with van der Waals surface area (Å²) in [6, 6.07) is 11.8. The Kier molecular flexibility index (Phi) is 4.31. The highest BCUT2D eigenvalue weighted by molar-refractivity contribution is 6.30. The SMILES string of the molecule is COC(=O)c1ccc(N2C[C@@H](c3ccc(Cl)cc3)OC2=O)cc1N. The third kappa shape index (κ3) is 3.00. The van der Waals surface area contributed by atoms with Crippen molar-refractivity contribution in [2.45, 2.75) is 6.10 Å². The van der Waals surface area contributed by atoms with Crippen LogP contribution in [-0.2, 0) is 9.47 Å². The lowest BCUT2D eigenvalue weighted by molar-refractivity contribution is 0.0602. The van der Waals surface area contributed by atoms with Crippen molar-refractivity contribution in [2.24, 2.45) is 0 Å². The third-order valence-corrected chi connectivity index (χ3v) is 4.06. The molecule has 3 rings (SSSR count). The normalized spacial score (nSPS) is 16.8. The van der Waals surface area contributed by atoms with Gasteiger partial charge in [0.15, 0.2) is 0 Å². The van der Waals surface area contributed by atoms with Crippen molar-refractivity contribution in [1.29, 1.82) is 0 Å². The van der Waals surface area contributed by atoms with Gasteiger partial charge >= 0.3 is 12.1 Å². The molecule has 0 bridgehead atoms. The maximum Gasteiger partial charge on any atom is 0.415 e. The molecule has 1 heterocycles. The Labute approximate surface area is 143 Å². The van der Waals surface area contributed by atoms with Gasteiger partial charge in [-0.05, 0) is 35.9 Å². The number of carbonyl (C=O) groups is 2. The minimum Gasteiger partial charge on any atom is -0.465 e. The number of ether oxygens (including phenoxy) is 2. The molecule has 0 radical (unpaired) electrons. The molecule has 1 atom stereocenters. The summed E-state index contributed by atoms with van der Waals surface area (Å²) in [4.78, 5) is 25.2. The number of cyclic esters (lactones) is 1. The Hall–Kier alpha value is -2.73. The highest BCUT2D eigenvalue weighted by Gasteiger charge is 2.33. The van der Waals surface area contributed by atoms with Gasteiger partial charge in [-0.1, -0.05) is 23.7 Å². The summed E-state index contributed by atoms with van der Waals surface area (Å²) in [5.74, 6) is -0.526. The fraction of sp³-hybridized carbons (Fsp3) is 0.176. The van der Waals surface area contributed by atoms with E-state index in [2.05, 4.69) is 4.74 Å². The van der Waals surface area contributed by atoms with Gasteiger partial charge in [0, 0.05) is 16.4 Å². The van der Waals surface area contributed by atoms with Crippen LogP contribution in [0.4, 0.5) is 16.2 Å². The minimum atomic E-state index is -0.526. The molecule has 2 N–H and O–H groups in total. The molecule has 1 fully saturated rings. The lowest BCUT2D eigenvalue weighted by atomic mass is 10.1. The zero-order chi connectivity index (χ0) is 17.3. The predicted octanol–water partition coefficient (Wildman–Crippen LogP) is 3.41. The van der Waals surface area contributed by atoms with Crippen LogP contribution in [0.1, 0.15) is 22.0 Å². The van der Waals surface area contributed by atoms with Crippen LogP contribution in [0, 0.1) is 0 Å². The van der Waals surface area contributed by atoms with Crippen molar-refractivity contribution in [3.63, 3.8) is 0 Å². The van der Waals surface area contributed by atoms with Crippen LogP contribution in [0.25, 0.3) is 0 Å². The molecule has 2 aromatic carbocycles. The van der Waals surface area contributed by atoms with Crippen molar-refractivity contribution in [3.8, 4) is 0 Å². The largest absolute Gasteiger partial charge is 0.465 e. The molecule has 7 heteroatoms. The molecular weight excluding hydrogens is 332 g/mol. The van der Waals surface area contributed by atoms with E-state index < -0.39 is 18.2 Å². The van der Waals surface area contributed by atoms with E-state index in [1.54, 1.807) is 24.3 Å². The van der Waals surface area contributed by atoms with Gasteiger partial charge in [-0.3, -0.25) is 4.90 Å². The Morgan fingerprint density at radius 1 is 1.29 bits per heavy atom. The molecule has 2 aromatic rings. The highest BCUT2D eigenvalue weighted by Crippen LogP contribution is 2.32. The van der Waals surface area contributed by atoms with Gasteiger partial charge in [0.2, 0.25) is 0 Å². The molecule has 1 saturated heterocycles. The van der Waals surface area contributed by atoms with E-state index in [0.717, 1.165) is 5.56 Å². The quantitative estimate of drug-likeness (QED) is 0.680. The predicted molar refractivity (Wildman–Crippen MR) is 90.2 cm³/mol. The molecule has 24 heavy (non-hydrogen) atoms. The topological polar surface area (TPSA) is 81.9 Å². The number of methoxy groups -OCH3 is 1. The number of nitrogens with two attached hydrogens (primary N) is 1. The van der Waals surface area contributed by atoms with Crippen LogP contribution >= 0.6 is 11.6 Å². The van der Waals surface area contributed by atoms with Gasteiger partial charge < -0.3 is 15.2 Å². The molecule has 1 aliphatic heterocycles. The number of carbonyl (C=O) groups excluding carboxylic acids is 2. The summed E-state index contributed by atoms with van der Waals surface area (Å²) in [6.07, 6.45) is -0.864. The average Bonchev–Trinajstić information content (AvgIpc) is 2.96. The van der Waals surface area contributed by atoms with Gasteiger partial charge in [0.25, 0.3) is 0 Å². The van der Waals surface area contributed by atoms with Crippen LogP contribution < -0.4 is 10.6 Å². The second-order valence-electron chi connectivity index (χ2n) is 5.30. The Morgan fingerprint density at radius 2 is 2.00 bits per heavy atom. The molecular formula is C17H15ClN2O4. The number of rotatable bonds is 3. The maximum atomic E-state index is 12.2. The number of hydrogen-bond donors (Lipinski definition) is 1. The van der Waals surface area contributed by atoms with E-state index in [1.807, 2.05) is 12.1 Å². The van der Waals surface area contributed by atoms with E-state index in [4.69, 9.17) is 22.1 Å². The van der Waals surface area contributed by atoms with Crippen molar-refractivity contribution in [1.82, 2.24) is 0 Å². The van der Waals surface area contributed by atoms with Crippen molar-refractivity contribution in [3.05, 3.63) is 58.6 Å². The molecule has 124 valence electrons. The van der Waals surface area contributed by atoms with Gasteiger partial charge in [-0.2, -0.15) is 0 Å². The van der Waals surface area contributed by atoms with Crippen molar-refractivity contribution < 1.29 is 19.1 Å². The molecule has 0 unspecified atom stereocenters. The van der Waals surface area contributed by atoms with Gasteiger partial charge in [0.1, 0.15) is 6.10 Å². The van der Waals surface area contributed by atoms with E-state index >= 15 is 0 Å². The van der Waals surface area contributed by atoms with Crippen LogP contribution in [0.3, 0.4) is 0 Å². The first kappa shape index (κ1) is 16.1. The number of anilines is 2. The van der Waals surface area contributed by atoms with Crippen LogP contribution in [-0.4, -0.2) is 25.7 Å². The van der Waals surface area contributed by atoms with Crippen LogP contribution in [0.2, 0.25) is 5.02 Å². The lowest BCUT2D eigenvalue weighted by Gasteiger charge is -2.14. The summed E-state index contributed by atoms with van der Waals surface area (Å²) in [5, 5.41) is 0.617. The van der Waals surface area contributed by atoms with Crippen LogP contribution in [0.5, 0.6) is 0 Å². The van der Waals surface area contributed by atoms with E-state index in [0.29, 0.717) is 17.3 Å². The number of hydrogen-bond acceptors (Lipinski definition) is 5. The zero-order valence-corrected chi connectivity index (χ0v) is 13.6. The Bertz CT molecular complexity index is 792. The molecule has 1 aliphatic rings. The number of esters is 1. The van der Waals surface area contributed by atoms with Crippen molar-refractivity contribution in [2.75, 3.05) is 24.3 Å². The summed E-state index contributed by atoms with van der Waals surface area (Å²) in [6.45, 7) is 0.345. The summed E-state index contributed by atoms with van der Waals surface area (Å²) >= 11 is 5.87. The molecule has 0 spiro atoms. The second kappa shape index (κ2) is 6.41.